The van der Waals surface area contributed by atoms with E-state index < -0.39 is 33.9 Å². The molecule has 0 unspecified atom stereocenters. The van der Waals surface area contributed by atoms with Crippen LogP contribution in [-0.2, 0) is 54.7 Å². The summed E-state index contributed by atoms with van der Waals surface area (Å²) in [5, 5.41) is 1.34. The van der Waals surface area contributed by atoms with Crippen LogP contribution in [0.2, 0.25) is 0 Å². The summed E-state index contributed by atoms with van der Waals surface area (Å²) in [5.74, 6) is -1.88. The van der Waals surface area contributed by atoms with Crippen molar-refractivity contribution in [3.63, 3.8) is 0 Å². The van der Waals surface area contributed by atoms with E-state index in [1.807, 2.05) is 38.1 Å². The Morgan fingerprint density at radius 1 is 0.596 bits per heavy atom. The van der Waals surface area contributed by atoms with E-state index in [-0.39, 0.29) is 56.6 Å². The van der Waals surface area contributed by atoms with Crippen LogP contribution < -0.4 is 28.9 Å². The first-order chi connectivity index (χ1) is 27.2. The van der Waals surface area contributed by atoms with Gasteiger partial charge in [-0.05, 0) is 54.4 Å². The molecule has 17 heteroatoms. The number of sulfonamides is 1. The van der Waals surface area contributed by atoms with Crippen molar-refractivity contribution in [3.05, 3.63) is 83.9 Å². The number of hydrogen-bond donors (Lipinski definition) is 1. The lowest BCUT2D eigenvalue weighted by Gasteiger charge is -2.26. The molecule has 0 heterocycles. The van der Waals surface area contributed by atoms with Gasteiger partial charge >= 0.3 is 23.9 Å². The van der Waals surface area contributed by atoms with Crippen LogP contribution in [0.4, 0.5) is 17.1 Å². The number of esters is 4. The van der Waals surface area contributed by atoms with E-state index in [0.717, 1.165) is 16.6 Å². The topological polar surface area (TPSA) is 180 Å². The first-order valence-electron chi connectivity index (χ1n) is 17.7. The van der Waals surface area contributed by atoms with E-state index in [9.17, 15) is 27.6 Å². The average molecular weight is 809 g/mol. The largest absolute Gasteiger partial charge is 0.488 e. The molecule has 0 fully saturated rings. The number of benzene rings is 4. The molecule has 0 bridgehead atoms. The number of carbonyl (C=O) groups is 4. The molecule has 0 saturated heterocycles. The summed E-state index contributed by atoms with van der Waals surface area (Å²) >= 11 is 0. The van der Waals surface area contributed by atoms with Gasteiger partial charge in [-0.15, -0.1) is 0 Å². The van der Waals surface area contributed by atoms with Crippen molar-refractivity contribution < 1.29 is 56.0 Å². The second-order valence-corrected chi connectivity index (χ2v) is 14.6. The fourth-order valence-corrected chi connectivity index (χ4v) is 7.06. The van der Waals surface area contributed by atoms with Crippen LogP contribution in [0.3, 0.4) is 0 Å². The van der Waals surface area contributed by atoms with Crippen LogP contribution in [0, 0.1) is 6.92 Å². The van der Waals surface area contributed by atoms with Gasteiger partial charge in [-0.25, -0.2) is 13.1 Å². The second kappa shape index (κ2) is 20.2. The second-order valence-electron chi connectivity index (χ2n) is 12.8. The van der Waals surface area contributed by atoms with Crippen molar-refractivity contribution in [2.24, 2.45) is 0 Å². The van der Waals surface area contributed by atoms with Gasteiger partial charge in [-0.1, -0.05) is 36.4 Å². The Hall–Kier alpha value is -6.07. The van der Waals surface area contributed by atoms with Gasteiger partial charge in [0, 0.05) is 37.1 Å². The van der Waals surface area contributed by atoms with Gasteiger partial charge in [0.1, 0.15) is 50.9 Å². The van der Waals surface area contributed by atoms with Crippen molar-refractivity contribution in [3.8, 4) is 11.5 Å². The molecular formula is C40H48N4O12S. The maximum atomic E-state index is 13.7. The molecule has 0 aromatic heterocycles. The number of rotatable bonds is 20. The Morgan fingerprint density at radius 2 is 1.07 bits per heavy atom. The quantitative estimate of drug-likeness (QED) is 0.0779. The number of nitrogens with one attached hydrogen (secondary N) is 1. The maximum absolute atomic E-state index is 13.7. The zero-order valence-electron chi connectivity index (χ0n) is 33.0. The lowest BCUT2D eigenvalue weighted by Crippen LogP contribution is -2.36. The van der Waals surface area contributed by atoms with Gasteiger partial charge in [0.2, 0.25) is 10.0 Å². The zero-order chi connectivity index (χ0) is 41.7. The minimum Gasteiger partial charge on any atom is -0.488 e. The lowest BCUT2D eigenvalue weighted by atomic mass is 10.1. The van der Waals surface area contributed by atoms with Gasteiger partial charge in [-0.3, -0.25) is 19.2 Å². The number of carbonyl (C=O) groups excluding carboxylic acids is 4. The molecule has 0 saturated carbocycles. The molecule has 4 aromatic rings. The first kappa shape index (κ1) is 43.7. The van der Waals surface area contributed by atoms with Gasteiger partial charge in [0.05, 0.1) is 44.7 Å². The molecule has 4 aromatic carbocycles. The molecule has 0 aliphatic carbocycles. The smallest absolute Gasteiger partial charge is 0.325 e. The number of nitrogens with zero attached hydrogens (tertiary/aromatic N) is 3. The molecule has 57 heavy (non-hydrogen) atoms. The third-order valence-corrected chi connectivity index (χ3v) is 10.2. The molecule has 0 radical (unpaired) electrons. The Labute approximate surface area is 332 Å². The number of ether oxygens (including phenoxy) is 6. The highest BCUT2D eigenvalue weighted by molar-refractivity contribution is 7.89. The van der Waals surface area contributed by atoms with E-state index in [0.29, 0.717) is 28.1 Å². The third-order valence-electron chi connectivity index (χ3n) is 8.71. The fraction of sp³-hybridized carbons (Fsp3) is 0.350. The summed E-state index contributed by atoms with van der Waals surface area (Å²) in [6, 6.07) is 20.7. The molecule has 0 atom stereocenters. The number of aryl methyl sites for hydroxylation is 1. The van der Waals surface area contributed by atoms with Crippen molar-refractivity contribution in [2.45, 2.75) is 18.4 Å². The Balaban J connectivity index is 1.63. The highest BCUT2D eigenvalue weighted by Crippen LogP contribution is 2.33. The summed E-state index contributed by atoms with van der Waals surface area (Å²) < 4.78 is 61.8. The standard InChI is InChI=1S/C40H48N4O12S/c1-27-14-16-32(43(23-37(45)51-4)24-38(46)52-5)34(20-27)55-18-19-56-35-21-28(15-17-33(35)44(25-39(47)53-6)26-40(48)54-7)22-41-57(49,50)36-13-9-10-29-30(36)11-8-12-31(29)42(2)3/h8-17,20-21,41H,18-19,22-26H2,1-7H3. The summed E-state index contributed by atoms with van der Waals surface area (Å²) in [6.45, 7) is 0.440. The molecular weight excluding hydrogens is 761 g/mol. The lowest BCUT2D eigenvalue weighted by molar-refractivity contribution is -0.141. The molecule has 306 valence electrons. The van der Waals surface area contributed by atoms with Gasteiger partial charge in [0.15, 0.2) is 0 Å². The van der Waals surface area contributed by atoms with Crippen LogP contribution >= 0.6 is 0 Å². The van der Waals surface area contributed by atoms with Crippen LogP contribution in [0.5, 0.6) is 11.5 Å². The predicted octanol–water partition coefficient (Wildman–Crippen LogP) is 3.46. The highest BCUT2D eigenvalue weighted by Gasteiger charge is 2.23. The summed E-state index contributed by atoms with van der Waals surface area (Å²) in [5.41, 5.74) is 2.96. The SMILES string of the molecule is COC(=O)CN(CC(=O)OC)c1ccc(C)cc1OCCOc1cc(CNS(=O)(=O)c2cccc3c(N(C)C)cccc23)ccc1N(CC(=O)OC)CC(=O)OC. The fourth-order valence-electron chi connectivity index (χ4n) is 5.83. The molecule has 4 rings (SSSR count). The average Bonchev–Trinajstić information content (AvgIpc) is 3.20. The molecule has 1 N–H and O–H groups in total. The minimum atomic E-state index is -4.01. The van der Waals surface area contributed by atoms with Crippen LogP contribution in [0.25, 0.3) is 10.8 Å². The number of hydrogen-bond acceptors (Lipinski definition) is 15. The predicted molar refractivity (Wildman–Crippen MR) is 213 cm³/mol. The normalized spacial score (nSPS) is 11.0. The van der Waals surface area contributed by atoms with E-state index in [2.05, 4.69) is 4.72 Å². The molecule has 0 aliphatic heterocycles. The van der Waals surface area contributed by atoms with Crippen LogP contribution in [-0.4, -0.2) is 114 Å². The van der Waals surface area contributed by atoms with E-state index in [1.54, 1.807) is 60.7 Å². The Bertz CT molecular complexity index is 2140. The minimum absolute atomic E-state index is 0.0406. The van der Waals surface area contributed by atoms with Gasteiger partial charge in [-0.2, -0.15) is 0 Å². The molecule has 0 amide bonds. The monoisotopic (exact) mass is 808 g/mol. The Morgan fingerprint density at radius 3 is 1.58 bits per heavy atom. The zero-order valence-corrected chi connectivity index (χ0v) is 33.8. The van der Waals surface area contributed by atoms with Gasteiger partial charge in [0.25, 0.3) is 0 Å². The summed E-state index contributed by atoms with van der Waals surface area (Å²) in [4.78, 5) is 54.2. The summed E-state index contributed by atoms with van der Waals surface area (Å²) in [6.07, 6.45) is 0. The third kappa shape index (κ3) is 11.7. The van der Waals surface area contributed by atoms with Crippen molar-refractivity contribution in [2.75, 3.05) is 96.6 Å². The molecule has 16 nitrogen and oxygen atoms in total. The number of fused-ring (bicyclic) bond motifs is 1. The van der Waals surface area contributed by atoms with Crippen LogP contribution in [0.1, 0.15) is 11.1 Å². The van der Waals surface area contributed by atoms with Crippen molar-refractivity contribution in [1.29, 1.82) is 0 Å². The molecule has 0 aliphatic rings. The van der Waals surface area contributed by atoms with E-state index in [4.69, 9.17) is 28.4 Å². The first-order valence-corrected chi connectivity index (χ1v) is 19.1. The Kier molecular flexibility index (Phi) is 15.5. The van der Waals surface area contributed by atoms with Gasteiger partial charge < -0.3 is 43.1 Å². The van der Waals surface area contributed by atoms with E-state index in [1.165, 1.54) is 38.2 Å². The number of methoxy groups -OCH3 is 4. The van der Waals surface area contributed by atoms with Crippen molar-refractivity contribution >= 4 is 61.7 Å². The molecule has 0 spiro atoms. The van der Waals surface area contributed by atoms with E-state index >= 15 is 0 Å². The number of anilines is 3. The highest BCUT2D eigenvalue weighted by atomic mass is 32.2. The van der Waals surface area contributed by atoms with Crippen LogP contribution in [0.15, 0.2) is 77.7 Å². The van der Waals surface area contributed by atoms with Crippen molar-refractivity contribution in [1.82, 2.24) is 4.72 Å². The maximum Gasteiger partial charge on any atom is 0.325 e. The summed E-state index contributed by atoms with van der Waals surface area (Å²) in [7, 11) is 4.67.